The van der Waals surface area contributed by atoms with Crippen molar-refractivity contribution in [3.05, 3.63) is 0 Å². The normalized spacial score (nSPS) is 17.0. The molecule has 0 aromatic heterocycles. The summed E-state index contributed by atoms with van der Waals surface area (Å²) in [4.78, 5) is 54.4. The van der Waals surface area contributed by atoms with E-state index in [0.717, 1.165) is 57.8 Å². The van der Waals surface area contributed by atoms with E-state index in [-0.39, 0.29) is 32.4 Å². The minimum Gasteiger partial charge on any atom is -0.462 e. The first-order valence-corrected chi connectivity index (χ1v) is 28.8. The summed E-state index contributed by atoms with van der Waals surface area (Å²) < 4.78 is 29.7. The first kappa shape index (κ1) is 62.8. The zero-order chi connectivity index (χ0) is 48.8. The van der Waals surface area contributed by atoms with E-state index in [9.17, 15) is 19.2 Å². The fourth-order valence-electron chi connectivity index (χ4n) is 9.14. The second kappa shape index (κ2) is 46.2. The van der Waals surface area contributed by atoms with Gasteiger partial charge in [-0.3, -0.25) is 24.1 Å². The molecule has 10 heteroatoms. The molecule has 0 radical (unpaired) electrons. The van der Waals surface area contributed by atoms with Crippen molar-refractivity contribution in [1.82, 2.24) is 4.90 Å². The van der Waals surface area contributed by atoms with Gasteiger partial charge in [0.2, 0.25) is 12.4 Å². The second-order valence-electron chi connectivity index (χ2n) is 20.3. The molecule has 1 aliphatic rings. The Kier molecular flexibility index (Phi) is 43.3. The summed E-state index contributed by atoms with van der Waals surface area (Å²) in [7, 11) is 3.54. The zero-order valence-corrected chi connectivity index (χ0v) is 44.5. The van der Waals surface area contributed by atoms with E-state index in [1.807, 2.05) is 0 Å². The lowest BCUT2D eigenvalue weighted by Crippen LogP contribution is -2.43. The van der Waals surface area contributed by atoms with Crippen molar-refractivity contribution in [3.63, 3.8) is 0 Å². The fourth-order valence-corrected chi connectivity index (χ4v) is 9.14. The van der Waals surface area contributed by atoms with Crippen molar-refractivity contribution in [3.8, 4) is 0 Å². The van der Waals surface area contributed by atoms with E-state index < -0.39 is 48.5 Å². The van der Waals surface area contributed by atoms with Crippen molar-refractivity contribution < 1.29 is 42.9 Å². The predicted molar refractivity (Wildman–Crippen MR) is 275 cm³/mol. The number of unbranched alkanes of at least 4 members (excludes halogenated alkanes) is 36. The van der Waals surface area contributed by atoms with Crippen molar-refractivity contribution in [2.24, 2.45) is 0 Å². The third-order valence-corrected chi connectivity index (χ3v) is 13.4. The van der Waals surface area contributed by atoms with Crippen molar-refractivity contribution in [2.45, 2.75) is 315 Å². The van der Waals surface area contributed by atoms with Crippen LogP contribution in [-0.2, 0) is 42.9 Å². The predicted octanol–water partition coefficient (Wildman–Crippen LogP) is 15.6. The molecule has 4 atom stereocenters. The second-order valence-corrected chi connectivity index (χ2v) is 20.3. The van der Waals surface area contributed by atoms with Crippen LogP contribution < -0.4 is 0 Å². The zero-order valence-electron chi connectivity index (χ0n) is 44.5. The Morgan fingerprint density at radius 1 is 0.358 bits per heavy atom. The number of hydrogen-bond acceptors (Lipinski definition) is 10. The Bertz CT molecular complexity index is 1160. The molecule has 1 fully saturated rings. The van der Waals surface area contributed by atoms with Crippen LogP contribution in [0.3, 0.4) is 0 Å². The van der Waals surface area contributed by atoms with E-state index in [4.69, 9.17) is 23.7 Å². The first-order chi connectivity index (χ1) is 32.7. The largest absolute Gasteiger partial charge is 0.462 e. The van der Waals surface area contributed by atoms with E-state index in [1.54, 1.807) is 19.0 Å². The molecule has 0 aliphatic carbocycles. The van der Waals surface area contributed by atoms with Crippen LogP contribution >= 0.6 is 0 Å². The lowest BCUT2D eigenvalue weighted by atomic mass is 10.0. The standard InChI is InChI=1S/C57H107NO9/c1-6-9-12-15-18-21-24-27-30-33-36-39-42-45-51(59)65-55-50(49-63-54(62)48-58(4)5)64-57(67-53(61)47-44-41-38-35-32-29-26-23-20-17-14-11-8-3)56(55)66-52(60)46-43-40-37-34-31-28-25-22-19-16-13-10-7-2/h50,55-57H,6-49H2,1-5H3/t50-,55?,56+,57+/m1/s1. The van der Waals surface area contributed by atoms with Gasteiger partial charge in [-0.1, -0.05) is 252 Å². The Balaban J connectivity index is 2.77. The number of carbonyl (C=O) groups excluding carboxylic acids is 4. The van der Waals surface area contributed by atoms with Crippen LogP contribution in [0.15, 0.2) is 0 Å². The van der Waals surface area contributed by atoms with Crippen LogP contribution in [0.5, 0.6) is 0 Å². The monoisotopic (exact) mass is 950 g/mol. The van der Waals surface area contributed by atoms with Gasteiger partial charge in [-0.15, -0.1) is 0 Å². The maximum atomic E-state index is 13.4. The number of nitrogens with zero attached hydrogens (tertiary/aromatic N) is 1. The highest BCUT2D eigenvalue weighted by molar-refractivity contribution is 5.72. The average Bonchev–Trinajstić information content (AvgIpc) is 3.60. The molecule has 1 heterocycles. The number of hydrogen-bond donors (Lipinski definition) is 0. The lowest BCUT2D eigenvalue weighted by molar-refractivity contribution is -0.200. The van der Waals surface area contributed by atoms with Gasteiger partial charge in [-0.2, -0.15) is 0 Å². The topological polar surface area (TPSA) is 118 Å². The van der Waals surface area contributed by atoms with Crippen LogP contribution in [0, 0.1) is 0 Å². The maximum absolute atomic E-state index is 13.4. The van der Waals surface area contributed by atoms with Gasteiger partial charge in [0, 0.05) is 19.3 Å². The van der Waals surface area contributed by atoms with E-state index in [1.165, 1.54) is 173 Å². The van der Waals surface area contributed by atoms with Crippen molar-refractivity contribution >= 4 is 23.9 Å². The molecule has 0 aromatic rings. The number of likely N-dealkylation sites (N-methyl/N-ethyl adjacent to an activating group) is 1. The molecule has 0 N–H and O–H groups in total. The van der Waals surface area contributed by atoms with Gasteiger partial charge in [0.25, 0.3) is 0 Å². The van der Waals surface area contributed by atoms with Crippen LogP contribution in [-0.4, -0.2) is 80.6 Å². The van der Waals surface area contributed by atoms with Gasteiger partial charge in [-0.05, 0) is 33.4 Å². The Morgan fingerprint density at radius 3 is 0.925 bits per heavy atom. The minimum atomic E-state index is -1.28. The van der Waals surface area contributed by atoms with Gasteiger partial charge in [-0.25, -0.2) is 0 Å². The molecular weight excluding hydrogens is 843 g/mol. The average molecular weight is 950 g/mol. The molecule has 1 saturated heterocycles. The summed E-state index contributed by atoms with van der Waals surface area (Å²) in [6.45, 7) is 6.59. The van der Waals surface area contributed by atoms with E-state index in [0.29, 0.717) is 19.3 Å². The number of esters is 4. The van der Waals surface area contributed by atoms with Crippen molar-refractivity contribution in [1.29, 1.82) is 0 Å². The molecule has 0 saturated carbocycles. The molecule has 1 aliphatic heterocycles. The molecule has 394 valence electrons. The van der Waals surface area contributed by atoms with Gasteiger partial charge in [0.05, 0.1) is 6.54 Å². The molecule has 1 rings (SSSR count). The highest BCUT2D eigenvalue weighted by Crippen LogP contribution is 2.30. The SMILES string of the molecule is CCCCCCCCCCCCCCCC(=O)OC1[C@@H](COC(=O)CN(C)C)O[C@@H](OC(=O)CCCCCCCCCCCCCCC)[C@H]1OC(=O)CCCCCCCCCCCCCCC. The summed E-state index contributed by atoms with van der Waals surface area (Å²) in [5, 5.41) is 0. The third-order valence-electron chi connectivity index (χ3n) is 13.4. The van der Waals surface area contributed by atoms with E-state index >= 15 is 0 Å². The molecule has 1 unspecified atom stereocenters. The Morgan fingerprint density at radius 2 is 0.627 bits per heavy atom. The molecule has 10 nitrogen and oxygen atoms in total. The number of carbonyl (C=O) groups is 4. The molecule has 0 aromatic carbocycles. The summed E-state index contributed by atoms with van der Waals surface area (Å²) in [6.07, 6.45) is 43.1. The number of rotatable bonds is 49. The minimum absolute atomic E-state index is 0.0608. The smallest absolute Gasteiger partial charge is 0.320 e. The Hall–Kier alpha value is -2.20. The Labute approximate surface area is 412 Å². The highest BCUT2D eigenvalue weighted by Gasteiger charge is 2.52. The quantitative estimate of drug-likeness (QED) is 0.0331. The third kappa shape index (κ3) is 38.3. The summed E-state index contributed by atoms with van der Waals surface area (Å²) in [5.41, 5.74) is 0. The van der Waals surface area contributed by atoms with Gasteiger partial charge < -0.3 is 23.7 Å². The van der Waals surface area contributed by atoms with Crippen molar-refractivity contribution in [2.75, 3.05) is 27.2 Å². The summed E-state index contributed by atoms with van der Waals surface area (Å²) >= 11 is 0. The first-order valence-electron chi connectivity index (χ1n) is 28.8. The molecule has 0 amide bonds. The molecule has 0 bridgehead atoms. The fraction of sp³-hybridized carbons (Fsp3) is 0.930. The molecular formula is C57H107NO9. The van der Waals surface area contributed by atoms with Gasteiger partial charge in [0.15, 0.2) is 6.10 Å². The highest BCUT2D eigenvalue weighted by atomic mass is 16.8. The van der Waals surface area contributed by atoms with Gasteiger partial charge in [0.1, 0.15) is 12.7 Å². The van der Waals surface area contributed by atoms with Crippen LogP contribution in [0.1, 0.15) is 290 Å². The maximum Gasteiger partial charge on any atom is 0.320 e. The lowest BCUT2D eigenvalue weighted by Gasteiger charge is -2.24. The van der Waals surface area contributed by atoms with E-state index in [2.05, 4.69) is 20.8 Å². The van der Waals surface area contributed by atoms with Crippen LogP contribution in [0.25, 0.3) is 0 Å². The molecule has 0 spiro atoms. The van der Waals surface area contributed by atoms with Crippen LogP contribution in [0.4, 0.5) is 0 Å². The summed E-state index contributed by atoms with van der Waals surface area (Å²) in [5.74, 6) is -1.80. The number of ether oxygens (including phenoxy) is 5. The summed E-state index contributed by atoms with van der Waals surface area (Å²) in [6, 6.07) is 0. The molecule has 67 heavy (non-hydrogen) atoms. The van der Waals surface area contributed by atoms with Crippen LogP contribution in [0.2, 0.25) is 0 Å². The van der Waals surface area contributed by atoms with Gasteiger partial charge >= 0.3 is 23.9 Å².